The van der Waals surface area contributed by atoms with Crippen molar-refractivity contribution in [3.8, 4) is 0 Å². The number of nitrogens with two attached hydrogens (primary N) is 1. The number of ether oxygens (including phenoxy) is 1. The third kappa shape index (κ3) is 2.63. The average molecular weight is 265 g/mol. The standard InChI is InChI=1S/C12H19N5O2/c13-16-10-5-11(15-12(14-10)8-1-2-8)17-3-4-19-7-9(17)6-18/h5,8-9,18H,1-4,6-7,13H2,(H,14,15,16). The minimum absolute atomic E-state index is 0.0498. The van der Waals surface area contributed by atoms with Crippen LogP contribution in [-0.4, -0.2) is 47.5 Å². The monoisotopic (exact) mass is 265 g/mol. The van der Waals surface area contributed by atoms with E-state index in [4.69, 9.17) is 10.6 Å². The highest BCUT2D eigenvalue weighted by molar-refractivity contribution is 5.50. The lowest BCUT2D eigenvalue weighted by molar-refractivity contribution is 0.0722. The Balaban J connectivity index is 1.91. The fraction of sp³-hybridized carbons (Fsp3) is 0.667. The summed E-state index contributed by atoms with van der Waals surface area (Å²) >= 11 is 0. The van der Waals surface area contributed by atoms with Gasteiger partial charge in [0.2, 0.25) is 0 Å². The fourth-order valence-corrected chi connectivity index (χ4v) is 2.31. The average Bonchev–Trinajstić information content (AvgIpc) is 3.31. The number of hydrogen-bond donors (Lipinski definition) is 3. The van der Waals surface area contributed by atoms with E-state index in [9.17, 15) is 5.11 Å². The number of aliphatic hydroxyl groups excluding tert-OH is 1. The van der Waals surface area contributed by atoms with Gasteiger partial charge in [0.15, 0.2) is 0 Å². The van der Waals surface area contributed by atoms with Crippen LogP contribution in [0.4, 0.5) is 11.6 Å². The molecule has 1 aromatic heterocycles. The number of rotatable bonds is 4. The van der Waals surface area contributed by atoms with Crippen molar-refractivity contribution in [2.45, 2.75) is 24.8 Å². The van der Waals surface area contributed by atoms with Gasteiger partial charge in [0, 0.05) is 18.5 Å². The van der Waals surface area contributed by atoms with Gasteiger partial charge >= 0.3 is 0 Å². The number of hydrazine groups is 1. The topological polar surface area (TPSA) is 96.5 Å². The summed E-state index contributed by atoms with van der Waals surface area (Å²) in [4.78, 5) is 11.1. The molecule has 2 aliphatic rings. The number of aromatic nitrogens is 2. The van der Waals surface area contributed by atoms with Crippen LogP contribution in [0.2, 0.25) is 0 Å². The second kappa shape index (κ2) is 5.28. The van der Waals surface area contributed by atoms with Crippen molar-refractivity contribution in [3.63, 3.8) is 0 Å². The van der Waals surface area contributed by atoms with Gasteiger partial charge in [-0.05, 0) is 12.8 Å². The first-order chi connectivity index (χ1) is 9.31. The van der Waals surface area contributed by atoms with Gasteiger partial charge in [0.1, 0.15) is 17.5 Å². The first-order valence-electron chi connectivity index (χ1n) is 6.62. The van der Waals surface area contributed by atoms with Gasteiger partial charge in [0.05, 0.1) is 25.9 Å². The Labute approximate surface area is 111 Å². The van der Waals surface area contributed by atoms with Crippen LogP contribution >= 0.6 is 0 Å². The Kier molecular flexibility index (Phi) is 3.50. The molecule has 0 amide bonds. The zero-order chi connectivity index (χ0) is 13.2. The molecule has 3 rings (SSSR count). The summed E-state index contributed by atoms with van der Waals surface area (Å²) in [5, 5.41) is 9.43. The van der Waals surface area contributed by atoms with Crippen molar-refractivity contribution >= 4 is 11.6 Å². The Bertz CT molecular complexity index is 452. The van der Waals surface area contributed by atoms with Crippen LogP contribution in [0.3, 0.4) is 0 Å². The summed E-state index contributed by atoms with van der Waals surface area (Å²) in [5.74, 6) is 8.20. The number of nitrogen functional groups attached to an aromatic ring is 1. The van der Waals surface area contributed by atoms with E-state index in [1.165, 1.54) is 0 Å². The largest absolute Gasteiger partial charge is 0.394 e. The lowest BCUT2D eigenvalue weighted by Gasteiger charge is -2.35. The molecule has 4 N–H and O–H groups in total. The third-order valence-electron chi connectivity index (χ3n) is 3.55. The number of nitrogens with one attached hydrogen (secondary N) is 1. The SMILES string of the molecule is NNc1cc(N2CCOCC2CO)nc(C2CC2)n1. The molecule has 0 bridgehead atoms. The molecule has 1 aliphatic heterocycles. The molecule has 1 aromatic rings. The zero-order valence-electron chi connectivity index (χ0n) is 10.7. The Hall–Kier alpha value is -1.44. The van der Waals surface area contributed by atoms with Gasteiger partial charge in [-0.1, -0.05) is 0 Å². The molecule has 7 heteroatoms. The second-order valence-corrected chi connectivity index (χ2v) is 4.99. The highest BCUT2D eigenvalue weighted by atomic mass is 16.5. The smallest absolute Gasteiger partial charge is 0.145 e. The predicted molar refractivity (Wildman–Crippen MR) is 70.9 cm³/mol. The molecule has 19 heavy (non-hydrogen) atoms. The van der Waals surface area contributed by atoms with E-state index in [1.807, 2.05) is 6.07 Å². The fourth-order valence-electron chi connectivity index (χ4n) is 2.31. The molecular weight excluding hydrogens is 246 g/mol. The van der Waals surface area contributed by atoms with Crippen LogP contribution in [0.5, 0.6) is 0 Å². The van der Waals surface area contributed by atoms with Crippen LogP contribution in [0.15, 0.2) is 6.07 Å². The van der Waals surface area contributed by atoms with Gasteiger partial charge in [-0.3, -0.25) is 0 Å². The van der Waals surface area contributed by atoms with Crippen LogP contribution in [0.1, 0.15) is 24.6 Å². The van der Waals surface area contributed by atoms with Crippen LogP contribution in [-0.2, 0) is 4.74 Å². The van der Waals surface area contributed by atoms with Crippen LogP contribution < -0.4 is 16.2 Å². The highest BCUT2D eigenvalue weighted by Crippen LogP contribution is 2.39. The molecule has 0 spiro atoms. The van der Waals surface area contributed by atoms with Gasteiger partial charge in [-0.25, -0.2) is 15.8 Å². The highest BCUT2D eigenvalue weighted by Gasteiger charge is 2.29. The Morgan fingerprint density at radius 2 is 2.32 bits per heavy atom. The molecule has 2 fully saturated rings. The van der Waals surface area contributed by atoms with E-state index in [1.54, 1.807) is 0 Å². The van der Waals surface area contributed by atoms with Gasteiger partial charge < -0.3 is 20.2 Å². The minimum Gasteiger partial charge on any atom is -0.394 e. The Morgan fingerprint density at radius 1 is 1.47 bits per heavy atom. The quantitative estimate of drug-likeness (QED) is 0.514. The van der Waals surface area contributed by atoms with Crippen molar-refractivity contribution in [1.82, 2.24) is 9.97 Å². The van der Waals surface area contributed by atoms with E-state index in [0.717, 1.165) is 31.0 Å². The van der Waals surface area contributed by atoms with Gasteiger partial charge in [0.25, 0.3) is 0 Å². The number of hydrogen-bond acceptors (Lipinski definition) is 7. The maximum atomic E-state index is 9.43. The molecule has 0 radical (unpaired) electrons. The molecule has 1 unspecified atom stereocenters. The maximum absolute atomic E-state index is 9.43. The van der Waals surface area contributed by atoms with E-state index in [-0.39, 0.29) is 12.6 Å². The summed E-state index contributed by atoms with van der Waals surface area (Å²) in [7, 11) is 0. The molecule has 1 saturated carbocycles. The molecule has 2 heterocycles. The maximum Gasteiger partial charge on any atom is 0.145 e. The molecule has 1 saturated heterocycles. The Morgan fingerprint density at radius 3 is 3.00 bits per heavy atom. The summed E-state index contributed by atoms with van der Waals surface area (Å²) in [6.07, 6.45) is 2.28. The van der Waals surface area contributed by atoms with E-state index >= 15 is 0 Å². The van der Waals surface area contributed by atoms with Crippen molar-refractivity contribution in [1.29, 1.82) is 0 Å². The molecule has 1 aliphatic carbocycles. The summed E-state index contributed by atoms with van der Waals surface area (Å²) in [6, 6.07) is 1.76. The van der Waals surface area contributed by atoms with Crippen LogP contribution in [0, 0.1) is 0 Å². The summed E-state index contributed by atoms with van der Waals surface area (Å²) < 4.78 is 5.39. The number of aliphatic hydroxyl groups is 1. The molecule has 7 nitrogen and oxygen atoms in total. The summed E-state index contributed by atoms with van der Waals surface area (Å²) in [6.45, 7) is 1.93. The number of morpholine rings is 1. The third-order valence-corrected chi connectivity index (χ3v) is 3.55. The summed E-state index contributed by atoms with van der Waals surface area (Å²) in [5.41, 5.74) is 2.59. The van der Waals surface area contributed by atoms with Gasteiger partial charge in [-0.2, -0.15) is 0 Å². The first kappa shape index (κ1) is 12.6. The first-order valence-corrected chi connectivity index (χ1v) is 6.62. The molecule has 0 aromatic carbocycles. The molecular formula is C12H19N5O2. The molecule has 104 valence electrons. The lowest BCUT2D eigenvalue weighted by Crippen LogP contribution is -2.48. The van der Waals surface area contributed by atoms with Crippen molar-refractivity contribution in [2.75, 3.05) is 36.7 Å². The van der Waals surface area contributed by atoms with Crippen molar-refractivity contribution in [2.24, 2.45) is 5.84 Å². The number of anilines is 2. The van der Waals surface area contributed by atoms with E-state index in [0.29, 0.717) is 24.9 Å². The molecule has 1 atom stereocenters. The van der Waals surface area contributed by atoms with Crippen molar-refractivity contribution in [3.05, 3.63) is 11.9 Å². The van der Waals surface area contributed by atoms with Crippen molar-refractivity contribution < 1.29 is 9.84 Å². The second-order valence-electron chi connectivity index (χ2n) is 4.99. The minimum atomic E-state index is -0.0543. The predicted octanol–water partition coefficient (Wildman–Crippen LogP) is -0.163. The van der Waals surface area contributed by atoms with Crippen LogP contribution in [0.25, 0.3) is 0 Å². The van der Waals surface area contributed by atoms with E-state index < -0.39 is 0 Å². The van der Waals surface area contributed by atoms with E-state index in [2.05, 4.69) is 20.3 Å². The normalized spacial score (nSPS) is 23.5. The van der Waals surface area contributed by atoms with Gasteiger partial charge in [-0.15, -0.1) is 0 Å². The lowest BCUT2D eigenvalue weighted by atomic mass is 10.2. The number of nitrogens with zero attached hydrogens (tertiary/aromatic N) is 3. The zero-order valence-corrected chi connectivity index (χ0v) is 10.7.